The molecule has 3 aliphatic rings. The molecule has 2 N–H and O–H groups in total. The van der Waals surface area contributed by atoms with E-state index in [4.69, 9.17) is 6.57 Å². The fourth-order valence-electron chi connectivity index (χ4n) is 6.08. The molecule has 2 heterocycles. The van der Waals surface area contributed by atoms with Crippen molar-refractivity contribution >= 4 is 29.3 Å². The van der Waals surface area contributed by atoms with Crippen LogP contribution in [0.2, 0.25) is 0 Å². The number of benzene rings is 1. The molecule has 40 heavy (non-hydrogen) atoms. The van der Waals surface area contributed by atoms with E-state index in [0.717, 1.165) is 24.8 Å². The molecule has 2 fully saturated rings. The van der Waals surface area contributed by atoms with Gasteiger partial charge in [0, 0.05) is 24.7 Å². The van der Waals surface area contributed by atoms with Gasteiger partial charge in [-0.25, -0.2) is 6.57 Å². The topological polar surface area (TPSA) is 103 Å². The lowest BCUT2D eigenvalue weighted by atomic mass is 9.80. The lowest BCUT2D eigenvalue weighted by Crippen LogP contribution is -2.57. The Morgan fingerprint density at radius 3 is 2.48 bits per heavy atom. The van der Waals surface area contributed by atoms with Crippen molar-refractivity contribution in [2.75, 3.05) is 18.9 Å². The molecule has 9 nitrogen and oxygen atoms in total. The summed E-state index contributed by atoms with van der Waals surface area (Å²) in [6.07, 6.45) is 3.52. The van der Waals surface area contributed by atoms with Gasteiger partial charge in [0.1, 0.15) is 17.5 Å². The number of carbonyl (C=O) groups excluding carboxylic acids is 4. The summed E-state index contributed by atoms with van der Waals surface area (Å²) in [6.45, 7) is 17.4. The molecule has 1 spiro atoms. The van der Waals surface area contributed by atoms with E-state index in [-0.39, 0.29) is 42.5 Å². The van der Waals surface area contributed by atoms with Crippen molar-refractivity contribution in [1.29, 1.82) is 0 Å². The summed E-state index contributed by atoms with van der Waals surface area (Å²) in [7, 11) is 1.63. The first-order valence-electron chi connectivity index (χ1n) is 14.4. The van der Waals surface area contributed by atoms with Crippen molar-refractivity contribution in [3.63, 3.8) is 0 Å². The van der Waals surface area contributed by atoms with E-state index in [1.165, 1.54) is 9.80 Å². The molecule has 1 aliphatic carbocycles. The number of fused-ring (bicyclic) bond motifs is 2. The Bertz CT molecular complexity index is 1210. The van der Waals surface area contributed by atoms with Gasteiger partial charge < -0.3 is 15.5 Å². The third-order valence-electron chi connectivity index (χ3n) is 8.76. The molecule has 1 aromatic carbocycles. The van der Waals surface area contributed by atoms with Crippen molar-refractivity contribution in [2.45, 2.75) is 96.8 Å². The minimum absolute atomic E-state index is 0.0879. The summed E-state index contributed by atoms with van der Waals surface area (Å²) in [4.78, 5) is 61.0. The van der Waals surface area contributed by atoms with Gasteiger partial charge in [-0.1, -0.05) is 72.1 Å². The van der Waals surface area contributed by atoms with Crippen molar-refractivity contribution in [3.05, 3.63) is 41.2 Å². The Morgan fingerprint density at radius 1 is 1.23 bits per heavy atom. The fraction of sp³-hybridized carbons (Fsp3) is 0.645. The highest BCUT2D eigenvalue weighted by molar-refractivity contribution is 6.07. The van der Waals surface area contributed by atoms with Gasteiger partial charge in [-0.3, -0.25) is 28.9 Å². The van der Waals surface area contributed by atoms with Crippen LogP contribution in [0.5, 0.6) is 0 Å². The van der Waals surface area contributed by atoms with Crippen LogP contribution in [0.25, 0.3) is 4.85 Å². The van der Waals surface area contributed by atoms with Crippen LogP contribution in [0.15, 0.2) is 24.3 Å². The molecular weight excluding hydrogens is 506 g/mol. The summed E-state index contributed by atoms with van der Waals surface area (Å²) in [5.74, 6) is -0.562. The molecule has 0 bridgehead atoms. The van der Waals surface area contributed by atoms with Crippen LogP contribution in [0.3, 0.4) is 0 Å². The summed E-state index contributed by atoms with van der Waals surface area (Å²) in [6, 6.07) is 5.88. The van der Waals surface area contributed by atoms with E-state index in [1.54, 1.807) is 7.05 Å². The predicted molar refractivity (Wildman–Crippen MR) is 153 cm³/mol. The Morgan fingerprint density at radius 2 is 1.90 bits per heavy atom. The van der Waals surface area contributed by atoms with E-state index < -0.39 is 29.1 Å². The molecule has 4 atom stereocenters. The van der Waals surface area contributed by atoms with Gasteiger partial charge in [0.05, 0.1) is 6.42 Å². The van der Waals surface area contributed by atoms with Crippen LogP contribution in [0.1, 0.15) is 78.7 Å². The highest BCUT2D eigenvalue weighted by Gasteiger charge is 2.59. The number of hydrogen-bond donors (Lipinski definition) is 2. The molecule has 4 rings (SSSR count). The van der Waals surface area contributed by atoms with Crippen molar-refractivity contribution < 1.29 is 19.2 Å². The first-order valence-corrected chi connectivity index (χ1v) is 14.4. The molecule has 0 unspecified atom stereocenters. The molecule has 1 saturated heterocycles. The van der Waals surface area contributed by atoms with E-state index in [1.807, 2.05) is 58.9 Å². The summed E-state index contributed by atoms with van der Waals surface area (Å²) >= 11 is 0. The van der Waals surface area contributed by atoms with Crippen LogP contribution in [0, 0.1) is 23.8 Å². The second-order valence-electron chi connectivity index (χ2n) is 13.3. The monoisotopic (exact) mass is 549 g/mol. The van der Waals surface area contributed by atoms with Crippen molar-refractivity contribution in [2.24, 2.45) is 17.3 Å². The highest BCUT2D eigenvalue weighted by Crippen LogP contribution is 2.47. The second kappa shape index (κ2) is 11.2. The lowest BCUT2D eigenvalue weighted by molar-refractivity contribution is -0.148. The third kappa shape index (κ3) is 5.59. The average Bonchev–Trinajstić information content (AvgIpc) is 3.40. The average molecular weight is 550 g/mol. The maximum absolute atomic E-state index is 14.2. The van der Waals surface area contributed by atoms with E-state index in [0.29, 0.717) is 24.4 Å². The maximum atomic E-state index is 14.2. The predicted octanol–water partition coefficient (Wildman–Crippen LogP) is 3.95. The molecule has 0 aromatic heterocycles. The van der Waals surface area contributed by atoms with Gasteiger partial charge in [-0.05, 0) is 36.3 Å². The van der Waals surface area contributed by atoms with Gasteiger partial charge in [-0.2, -0.15) is 0 Å². The molecular formula is C31H43N5O4. The summed E-state index contributed by atoms with van der Waals surface area (Å²) < 4.78 is 0. The minimum Gasteiger partial charge on any atom is -0.344 e. The number of amides is 4. The summed E-state index contributed by atoms with van der Waals surface area (Å²) in [5, 5.41) is 5.90. The minimum atomic E-state index is -0.986. The first kappa shape index (κ1) is 29.6. The van der Waals surface area contributed by atoms with Crippen LogP contribution in [-0.4, -0.2) is 65.3 Å². The zero-order chi connectivity index (χ0) is 29.4. The zero-order valence-electron chi connectivity index (χ0n) is 24.6. The quantitative estimate of drug-likeness (QED) is 0.480. The first-order chi connectivity index (χ1) is 18.8. The molecule has 2 aliphatic heterocycles. The van der Waals surface area contributed by atoms with Crippen molar-refractivity contribution in [3.8, 4) is 0 Å². The van der Waals surface area contributed by atoms with Crippen molar-refractivity contribution in [1.82, 2.24) is 15.1 Å². The van der Waals surface area contributed by atoms with Crippen LogP contribution < -0.4 is 10.6 Å². The number of rotatable bonds is 8. The number of para-hydroxylation sites is 1. The normalized spacial score (nSPS) is 23.7. The zero-order valence-corrected chi connectivity index (χ0v) is 24.6. The van der Waals surface area contributed by atoms with Gasteiger partial charge in [0.25, 0.3) is 5.91 Å². The highest BCUT2D eigenvalue weighted by atomic mass is 16.2. The van der Waals surface area contributed by atoms with Gasteiger partial charge in [-0.15, -0.1) is 0 Å². The SMILES string of the molecule is [C-]#[N+][C@@H]1C[C@@]2(CN1C(=O)[C@H](CC(C)C)N(C)C(=O)[C@H](CC1CCC1)NC(=O)C(C)(C)C)C(=O)Nc1ccccc12. The number of nitrogens with one attached hydrogen (secondary N) is 2. The number of nitrogens with zero attached hydrogens (tertiary/aromatic N) is 3. The Hall–Kier alpha value is -3.41. The lowest BCUT2D eigenvalue weighted by Gasteiger charge is -2.36. The fourth-order valence-corrected chi connectivity index (χ4v) is 6.08. The van der Waals surface area contributed by atoms with Crippen LogP contribution in [-0.2, 0) is 24.6 Å². The van der Waals surface area contributed by atoms with Crippen LogP contribution >= 0.6 is 0 Å². The third-order valence-corrected chi connectivity index (χ3v) is 8.76. The van der Waals surface area contributed by atoms with Crippen LogP contribution in [0.4, 0.5) is 5.69 Å². The second-order valence-corrected chi connectivity index (χ2v) is 13.3. The molecule has 0 radical (unpaired) electrons. The maximum Gasteiger partial charge on any atom is 0.302 e. The number of carbonyl (C=O) groups is 4. The molecule has 4 amide bonds. The smallest absolute Gasteiger partial charge is 0.302 e. The van der Waals surface area contributed by atoms with E-state index in [2.05, 4.69) is 15.5 Å². The largest absolute Gasteiger partial charge is 0.344 e. The number of anilines is 1. The Balaban J connectivity index is 1.61. The Labute approximate surface area is 237 Å². The number of likely N-dealkylation sites (tertiary alicyclic amines) is 1. The van der Waals surface area contributed by atoms with Gasteiger partial charge in [0.2, 0.25) is 17.7 Å². The van der Waals surface area contributed by atoms with Gasteiger partial charge >= 0.3 is 6.17 Å². The molecule has 9 heteroatoms. The standard InChI is InChI=1S/C31H43N5O4/c1-19(2)15-24(35(7)26(37)23(16-20-11-10-12-20)34-28(39)30(3,4)5)27(38)36-18-31(17-25(36)32-6)21-13-8-9-14-22(21)33-29(31)40/h8-9,13-14,19-20,23-25H,10-12,15-18H2,1-5,7H3,(H,33,40)(H,34,39)/t23-,24-,25-,31-/m0/s1. The molecule has 216 valence electrons. The molecule has 1 saturated carbocycles. The Kier molecular flexibility index (Phi) is 8.30. The van der Waals surface area contributed by atoms with E-state index >= 15 is 0 Å². The molecule has 1 aromatic rings. The number of hydrogen-bond acceptors (Lipinski definition) is 4. The van der Waals surface area contributed by atoms with E-state index in [9.17, 15) is 19.2 Å². The summed E-state index contributed by atoms with van der Waals surface area (Å²) in [5.41, 5.74) is -0.126. The van der Waals surface area contributed by atoms with Gasteiger partial charge in [0.15, 0.2) is 0 Å². The number of likely N-dealkylation sites (N-methyl/N-ethyl adjacent to an activating group) is 1.